The second-order valence-corrected chi connectivity index (χ2v) is 10.8. The number of phenolic OH excluding ortho intramolecular Hbond substituents is 1. The normalized spacial score (nSPS) is 32.9. The van der Waals surface area contributed by atoms with Gasteiger partial charge in [0.2, 0.25) is 5.78 Å². The number of hydrogen-bond donors (Lipinski definition) is 5. The summed E-state index contributed by atoms with van der Waals surface area (Å²) in [5.74, 6) is -9.83. The molecule has 2 saturated carbocycles. The molecule has 0 bridgehead atoms. The van der Waals surface area contributed by atoms with E-state index in [0.29, 0.717) is 18.4 Å². The van der Waals surface area contributed by atoms with E-state index in [1.807, 2.05) is 0 Å². The number of phenols is 1. The molecule has 1 aromatic rings. The van der Waals surface area contributed by atoms with Crippen molar-refractivity contribution < 1.29 is 44.3 Å². The van der Waals surface area contributed by atoms with Crippen LogP contribution in [0.15, 0.2) is 35.1 Å². The van der Waals surface area contributed by atoms with Crippen molar-refractivity contribution in [3.63, 3.8) is 0 Å². The summed E-state index contributed by atoms with van der Waals surface area (Å²) in [6.45, 7) is 1.72. The molecule has 4 aliphatic rings. The van der Waals surface area contributed by atoms with E-state index in [1.165, 1.54) is 25.1 Å². The highest BCUT2D eigenvalue weighted by molar-refractivity contribution is 6.24. The van der Waals surface area contributed by atoms with Crippen LogP contribution in [0.4, 0.5) is 0 Å². The van der Waals surface area contributed by atoms with Crippen LogP contribution in [-0.2, 0) is 23.9 Å². The molecule has 0 aliphatic heterocycles. The molecular weight excluding hydrogens is 496 g/mol. The lowest BCUT2D eigenvalue weighted by molar-refractivity contribution is -0.189. The van der Waals surface area contributed by atoms with E-state index in [9.17, 15) is 39.6 Å². The SMILES string of the molecule is C[C@@H]1c2cccc(O)c2C(O)=C2C(=O)[C@@]3(O)C(O)=C(C(N)=O)C(=O)[C@H](N(C)C)[C@H]3[C@H](OC(=O)C3CCC3)[C@H]21. The summed E-state index contributed by atoms with van der Waals surface area (Å²) < 4.78 is 6.00. The zero-order valence-electron chi connectivity index (χ0n) is 21.2. The minimum atomic E-state index is -2.93. The molecule has 0 radical (unpaired) electrons. The van der Waals surface area contributed by atoms with Gasteiger partial charge in [-0.2, -0.15) is 0 Å². The van der Waals surface area contributed by atoms with Crippen molar-refractivity contribution in [2.45, 2.75) is 49.9 Å². The third-order valence-electron chi connectivity index (χ3n) is 8.66. The Hall–Kier alpha value is -3.70. The molecule has 4 aliphatic carbocycles. The number of carbonyl (C=O) groups excluding carboxylic acids is 4. The summed E-state index contributed by atoms with van der Waals surface area (Å²) in [4.78, 5) is 54.4. The van der Waals surface area contributed by atoms with Gasteiger partial charge >= 0.3 is 5.97 Å². The van der Waals surface area contributed by atoms with Gasteiger partial charge in [0.15, 0.2) is 11.4 Å². The number of Topliss-reactive ketones (excluding diaryl/α,β-unsaturated/α-hetero) is 2. The fourth-order valence-corrected chi connectivity index (χ4v) is 6.56. The van der Waals surface area contributed by atoms with Crippen molar-refractivity contribution in [2.75, 3.05) is 14.1 Å². The third kappa shape index (κ3) is 3.27. The number of benzene rings is 1. The minimum absolute atomic E-state index is 0.0274. The van der Waals surface area contributed by atoms with Gasteiger partial charge in [-0.25, -0.2) is 0 Å². The molecule has 0 spiro atoms. The Morgan fingerprint density at radius 2 is 1.79 bits per heavy atom. The van der Waals surface area contributed by atoms with E-state index in [4.69, 9.17) is 10.5 Å². The first kappa shape index (κ1) is 25.9. The van der Waals surface area contributed by atoms with Crippen LogP contribution >= 0.6 is 0 Å². The average Bonchev–Trinajstić information content (AvgIpc) is 2.79. The largest absolute Gasteiger partial charge is 0.508 e. The number of likely N-dealkylation sites (N-methyl/N-ethyl adjacent to an activating group) is 1. The average molecular weight is 527 g/mol. The summed E-state index contributed by atoms with van der Waals surface area (Å²) in [6, 6.07) is 3.16. The number of aromatic hydroxyl groups is 1. The van der Waals surface area contributed by atoms with Crippen LogP contribution < -0.4 is 5.73 Å². The number of ketones is 2. The van der Waals surface area contributed by atoms with Crippen molar-refractivity contribution in [3.05, 3.63) is 46.2 Å². The Bertz CT molecular complexity index is 1340. The Labute approximate surface area is 218 Å². The summed E-state index contributed by atoms with van der Waals surface area (Å²) in [7, 11) is 2.97. The molecule has 6 atom stereocenters. The Kier molecular flexibility index (Phi) is 5.92. The molecule has 38 heavy (non-hydrogen) atoms. The van der Waals surface area contributed by atoms with Crippen molar-refractivity contribution in [3.8, 4) is 5.75 Å². The van der Waals surface area contributed by atoms with Gasteiger partial charge in [0.25, 0.3) is 5.91 Å². The van der Waals surface area contributed by atoms with Crippen LogP contribution in [0.5, 0.6) is 5.75 Å². The number of ether oxygens (including phenoxy) is 1. The van der Waals surface area contributed by atoms with Crippen molar-refractivity contribution >= 4 is 29.2 Å². The highest BCUT2D eigenvalue weighted by Crippen LogP contribution is 2.57. The molecule has 11 nitrogen and oxygen atoms in total. The quantitative estimate of drug-likeness (QED) is 0.278. The van der Waals surface area contributed by atoms with Crippen LogP contribution in [0.1, 0.15) is 43.2 Å². The maximum Gasteiger partial charge on any atom is 0.309 e. The number of aliphatic hydroxyl groups excluding tert-OH is 2. The van der Waals surface area contributed by atoms with Gasteiger partial charge in [0, 0.05) is 11.5 Å². The van der Waals surface area contributed by atoms with Crippen LogP contribution in [0.25, 0.3) is 5.76 Å². The number of esters is 1. The number of amides is 1. The van der Waals surface area contributed by atoms with Gasteiger partial charge < -0.3 is 30.9 Å². The smallest absolute Gasteiger partial charge is 0.309 e. The number of fused-ring (bicyclic) bond motifs is 3. The predicted octanol–water partition coefficient (Wildman–Crippen LogP) is 0.847. The molecule has 0 saturated heterocycles. The zero-order valence-corrected chi connectivity index (χ0v) is 21.2. The molecule has 0 aromatic heterocycles. The molecule has 0 unspecified atom stereocenters. The van der Waals surface area contributed by atoms with Crippen molar-refractivity contribution in [2.24, 2.45) is 23.5 Å². The molecule has 1 aromatic carbocycles. The number of hydrogen-bond acceptors (Lipinski definition) is 10. The van der Waals surface area contributed by atoms with E-state index in [-0.39, 0.29) is 16.9 Å². The van der Waals surface area contributed by atoms with Crippen molar-refractivity contribution in [1.29, 1.82) is 0 Å². The summed E-state index contributed by atoms with van der Waals surface area (Å²) in [5, 5.41) is 45.0. The second kappa shape index (κ2) is 8.67. The van der Waals surface area contributed by atoms with E-state index in [2.05, 4.69) is 0 Å². The van der Waals surface area contributed by atoms with E-state index >= 15 is 0 Å². The van der Waals surface area contributed by atoms with Gasteiger partial charge in [-0.15, -0.1) is 0 Å². The molecule has 2 fully saturated rings. The van der Waals surface area contributed by atoms with E-state index < -0.39 is 82.0 Å². The van der Waals surface area contributed by atoms with Gasteiger partial charge in [-0.1, -0.05) is 25.5 Å². The fraction of sp³-hybridized carbons (Fsp3) is 0.481. The predicted molar refractivity (Wildman–Crippen MR) is 132 cm³/mol. The number of carbonyl (C=O) groups is 4. The highest BCUT2D eigenvalue weighted by Gasteiger charge is 2.69. The van der Waals surface area contributed by atoms with Crippen molar-refractivity contribution in [1.82, 2.24) is 4.90 Å². The topological polar surface area (TPSA) is 188 Å². The summed E-state index contributed by atoms with van der Waals surface area (Å²) >= 11 is 0. The Morgan fingerprint density at radius 1 is 1.13 bits per heavy atom. The summed E-state index contributed by atoms with van der Waals surface area (Å²) in [6.07, 6.45) is 0.648. The molecular formula is C27H30N2O9. The lowest BCUT2D eigenvalue weighted by atomic mass is 9.54. The molecule has 6 N–H and O–H groups in total. The monoisotopic (exact) mass is 526 g/mol. The van der Waals surface area contributed by atoms with Gasteiger partial charge in [-0.05, 0) is 44.5 Å². The fourth-order valence-electron chi connectivity index (χ4n) is 6.56. The van der Waals surface area contributed by atoms with Crippen LogP contribution in [0.2, 0.25) is 0 Å². The van der Waals surface area contributed by atoms with Gasteiger partial charge in [0.05, 0.1) is 23.4 Å². The first-order valence-electron chi connectivity index (χ1n) is 12.5. The van der Waals surface area contributed by atoms with Gasteiger partial charge in [0.1, 0.15) is 28.9 Å². The zero-order chi connectivity index (χ0) is 27.8. The van der Waals surface area contributed by atoms with Crippen LogP contribution in [-0.4, -0.2) is 80.6 Å². The third-order valence-corrected chi connectivity index (χ3v) is 8.66. The van der Waals surface area contributed by atoms with Crippen LogP contribution in [0.3, 0.4) is 0 Å². The van der Waals surface area contributed by atoms with E-state index in [1.54, 1.807) is 19.1 Å². The lowest BCUT2D eigenvalue weighted by Crippen LogP contribution is -2.71. The Morgan fingerprint density at radius 3 is 2.34 bits per heavy atom. The summed E-state index contributed by atoms with van der Waals surface area (Å²) in [5.41, 5.74) is 1.58. The standard InChI is InChI=1S/C27H30N2O9/c1-10-12-8-5-9-13(30)15(12)20(31)16-14(10)22(38-26(36)11-6-4-7-11)18-19(29(2)3)21(32)17(25(28)35)24(34)27(18,37)23(16)33/h5,8-11,14,18-19,22,30-31,34,37H,4,6-7H2,1-3H3,(H2,28,35)/t10-,14+,18+,19-,22-,27-/m1/s1. The highest BCUT2D eigenvalue weighted by atomic mass is 16.5. The number of primary amides is 1. The minimum Gasteiger partial charge on any atom is -0.508 e. The second-order valence-electron chi connectivity index (χ2n) is 10.8. The lowest BCUT2D eigenvalue weighted by Gasteiger charge is -2.54. The maximum absolute atomic E-state index is 14.1. The molecule has 202 valence electrons. The number of rotatable bonds is 4. The Balaban J connectivity index is 1.82. The first-order valence-corrected chi connectivity index (χ1v) is 12.5. The van der Waals surface area contributed by atoms with Gasteiger partial charge in [-0.3, -0.25) is 24.1 Å². The molecule has 11 heteroatoms. The number of nitrogens with two attached hydrogens (primary N) is 1. The molecule has 0 heterocycles. The maximum atomic E-state index is 14.1. The van der Waals surface area contributed by atoms with E-state index in [0.717, 1.165) is 6.42 Å². The number of aliphatic hydroxyl groups is 3. The first-order chi connectivity index (χ1) is 17.8. The van der Waals surface area contributed by atoms with Crippen LogP contribution in [0, 0.1) is 17.8 Å². The molecule has 1 amide bonds. The number of nitrogens with zero attached hydrogens (tertiary/aromatic N) is 1. The molecule has 5 rings (SSSR count).